The smallest absolute Gasteiger partial charge is 0.257 e. The number of methoxy groups -OCH3 is 2. The molecule has 1 N–H and O–H groups in total. The Morgan fingerprint density at radius 2 is 1.92 bits per heavy atom. The summed E-state index contributed by atoms with van der Waals surface area (Å²) in [5.41, 5.74) is 1.36. The number of carbonyl (C=O) groups excluding carboxylic acids is 1. The molecule has 7 heteroatoms. The first-order valence-corrected chi connectivity index (χ1v) is 9.16. The summed E-state index contributed by atoms with van der Waals surface area (Å²) in [6.45, 7) is 0. The Morgan fingerprint density at radius 3 is 2.62 bits per heavy atom. The molecule has 124 valence electrons. The van der Waals surface area contributed by atoms with Crippen LogP contribution in [0.2, 0.25) is 0 Å². The first kappa shape index (κ1) is 16.6. The molecule has 24 heavy (non-hydrogen) atoms. The van der Waals surface area contributed by atoms with Crippen LogP contribution in [0.25, 0.3) is 10.2 Å². The molecule has 0 fully saturated rings. The molecule has 0 saturated carbocycles. The summed E-state index contributed by atoms with van der Waals surface area (Å²) in [6.07, 6.45) is 1.98. The van der Waals surface area contributed by atoms with Gasteiger partial charge in [-0.25, -0.2) is 4.98 Å². The molecule has 0 unspecified atom stereocenters. The molecule has 0 atom stereocenters. The van der Waals surface area contributed by atoms with Crippen molar-refractivity contribution in [3.63, 3.8) is 0 Å². The monoisotopic (exact) mass is 360 g/mol. The topological polar surface area (TPSA) is 60.5 Å². The average Bonchev–Trinajstić information content (AvgIpc) is 3.01. The number of benzene rings is 2. The van der Waals surface area contributed by atoms with Gasteiger partial charge in [0.2, 0.25) is 0 Å². The zero-order valence-electron chi connectivity index (χ0n) is 13.5. The molecular formula is C17H16N2O3S2. The molecule has 0 aliphatic carbocycles. The van der Waals surface area contributed by atoms with Crippen LogP contribution in [0.4, 0.5) is 5.13 Å². The number of nitrogens with one attached hydrogen (secondary N) is 1. The van der Waals surface area contributed by atoms with Crippen LogP contribution in [-0.2, 0) is 0 Å². The Labute approximate surface area is 148 Å². The van der Waals surface area contributed by atoms with Gasteiger partial charge in [0.25, 0.3) is 5.91 Å². The van der Waals surface area contributed by atoms with Crippen molar-refractivity contribution in [3.05, 3.63) is 42.0 Å². The first-order chi connectivity index (χ1) is 11.6. The Kier molecular flexibility index (Phi) is 4.92. The molecule has 3 aromatic rings. The number of thioether (sulfide) groups is 1. The quantitative estimate of drug-likeness (QED) is 0.688. The molecule has 1 amide bonds. The largest absolute Gasteiger partial charge is 0.493 e. The van der Waals surface area contributed by atoms with Crippen molar-refractivity contribution in [2.24, 2.45) is 0 Å². The third-order valence-corrected chi connectivity index (χ3v) is 5.11. The van der Waals surface area contributed by atoms with Gasteiger partial charge in [0.1, 0.15) is 0 Å². The van der Waals surface area contributed by atoms with Crippen molar-refractivity contribution in [1.82, 2.24) is 4.98 Å². The Hall–Kier alpha value is -2.25. The van der Waals surface area contributed by atoms with E-state index in [9.17, 15) is 4.79 Å². The van der Waals surface area contributed by atoms with Crippen LogP contribution in [0.15, 0.2) is 41.3 Å². The van der Waals surface area contributed by atoms with Crippen molar-refractivity contribution in [3.8, 4) is 11.5 Å². The lowest BCUT2D eigenvalue weighted by Crippen LogP contribution is -2.11. The molecule has 0 aliphatic heterocycles. The van der Waals surface area contributed by atoms with E-state index in [0.29, 0.717) is 22.2 Å². The zero-order chi connectivity index (χ0) is 17.1. The number of rotatable bonds is 5. The van der Waals surface area contributed by atoms with Gasteiger partial charge < -0.3 is 9.47 Å². The maximum absolute atomic E-state index is 12.4. The van der Waals surface area contributed by atoms with E-state index in [2.05, 4.69) is 10.3 Å². The lowest BCUT2D eigenvalue weighted by Gasteiger charge is -2.05. The highest BCUT2D eigenvalue weighted by atomic mass is 32.2. The number of nitrogens with zero attached hydrogens (tertiary/aromatic N) is 1. The van der Waals surface area contributed by atoms with Gasteiger partial charge >= 0.3 is 0 Å². The number of ether oxygens (including phenoxy) is 2. The van der Waals surface area contributed by atoms with E-state index in [1.165, 1.54) is 11.3 Å². The second-order valence-corrected chi connectivity index (χ2v) is 6.79. The van der Waals surface area contributed by atoms with E-state index in [4.69, 9.17) is 9.47 Å². The second kappa shape index (κ2) is 7.11. The summed E-state index contributed by atoms with van der Waals surface area (Å²) < 4.78 is 11.5. The van der Waals surface area contributed by atoms with Gasteiger partial charge in [0, 0.05) is 22.6 Å². The van der Waals surface area contributed by atoms with E-state index in [1.807, 2.05) is 30.5 Å². The van der Waals surface area contributed by atoms with Crippen molar-refractivity contribution in [2.75, 3.05) is 25.8 Å². The number of amides is 1. The molecule has 0 aliphatic rings. The molecule has 0 radical (unpaired) electrons. The highest BCUT2D eigenvalue weighted by molar-refractivity contribution is 7.98. The van der Waals surface area contributed by atoms with Gasteiger partial charge in [0.15, 0.2) is 16.6 Å². The summed E-state index contributed by atoms with van der Waals surface area (Å²) in [5.74, 6) is 1.07. The third kappa shape index (κ3) is 3.32. The standard InChI is InChI=1S/C17H16N2O3S2/c1-21-13-8-12-15(9-14(13)22-2)24-17(18-12)19-16(20)10-5-4-6-11(7-10)23-3/h4-9H,1-3H3,(H,18,19,20). The van der Waals surface area contributed by atoms with Crippen LogP contribution in [0.5, 0.6) is 11.5 Å². The van der Waals surface area contributed by atoms with E-state index < -0.39 is 0 Å². The number of thiazole rings is 1. The van der Waals surface area contributed by atoms with Gasteiger partial charge in [-0.05, 0) is 24.5 Å². The molecule has 1 aromatic heterocycles. The summed E-state index contributed by atoms with van der Waals surface area (Å²) in [4.78, 5) is 17.9. The number of anilines is 1. The highest BCUT2D eigenvalue weighted by Gasteiger charge is 2.13. The predicted molar refractivity (Wildman–Crippen MR) is 98.9 cm³/mol. The van der Waals surface area contributed by atoms with E-state index in [1.54, 1.807) is 38.1 Å². The zero-order valence-corrected chi connectivity index (χ0v) is 15.1. The summed E-state index contributed by atoms with van der Waals surface area (Å²) in [6, 6.07) is 11.1. The maximum Gasteiger partial charge on any atom is 0.257 e. The van der Waals surface area contributed by atoms with E-state index in [-0.39, 0.29) is 5.91 Å². The van der Waals surface area contributed by atoms with Gasteiger partial charge in [0.05, 0.1) is 24.4 Å². The minimum Gasteiger partial charge on any atom is -0.493 e. The van der Waals surface area contributed by atoms with Crippen molar-refractivity contribution < 1.29 is 14.3 Å². The van der Waals surface area contributed by atoms with Crippen LogP contribution in [0.3, 0.4) is 0 Å². The fraction of sp³-hybridized carbons (Fsp3) is 0.176. The molecule has 2 aromatic carbocycles. The summed E-state index contributed by atoms with van der Waals surface area (Å²) in [5, 5.41) is 3.39. The maximum atomic E-state index is 12.4. The van der Waals surface area contributed by atoms with Crippen molar-refractivity contribution in [1.29, 1.82) is 0 Å². The SMILES string of the molecule is COc1cc2nc(NC(=O)c3cccc(SC)c3)sc2cc1OC. The fourth-order valence-corrected chi connectivity index (χ4v) is 3.57. The molecule has 3 rings (SSSR count). The van der Waals surface area contributed by atoms with E-state index in [0.717, 1.165) is 15.1 Å². The van der Waals surface area contributed by atoms with Crippen molar-refractivity contribution >= 4 is 44.4 Å². The molecule has 0 spiro atoms. The lowest BCUT2D eigenvalue weighted by atomic mass is 10.2. The Balaban J connectivity index is 1.88. The summed E-state index contributed by atoms with van der Waals surface area (Å²) in [7, 11) is 3.17. The Morgan fingerprint density at radius 1 is 1.17 bits per heavy atom. The number of fused-ring (bicyclic) bond motifs is 1. The van der Waals surface area contributed by atoms with Crippen LogP contribution < -0.4 is 14.8 Å². The van der Waals surface area contributed by atoms with Gasteiger partial charge in [-0.1, -0.05) is 17.4 Å². The number of hydrogen-bond acceptors (Lipinski definition) is 6. The molecule has 5 nitrogen and oxygen atoms in total. The van der Waals surface area contributed by atoms with Crippen LogP contribution in [0, 0.1) is 0 Å². The molecule has 0 saturated heterocycles. The first-order valence-electron chi connectivity index (χ1n) is 7.12. The van der Waals surface area contributed by atoms with Gasteiger partial charge in [-0.3, -0.25) is 10.1 Å². The lowest BCUT2D eigenvalue weighted by molar-refractivity contribution is 0.102. The minimum absolute atomic E-state index is 0.177. The van der Waals surface area contributed by atoms with Gasteiger partial charge in [-0.15, -0.1) is 11.8 Å². The number of carbonyl (C=O) groups is 1. The average molecular weight is 360 g/mol. The molecule has 0 bridgehead atoms. The highest BCUT2D eigenvalue weighted by Crippen LogP contribution is 2.36. The summed E-state index contributed by atoms with van der Waals surface area (Å²) >= 11 is 2.99. The van der Waals surface area contributed by atoms with Crippen molar-refractivity contribution in [2.45, 2.75) is 4.90 Å². The van der Waals surface area contributed by atoms with Crippen LogP contribution >= 0.6 is 23.1 Å². The van der Waals surface area contributed by atoms with E-state index >= 15 is 0 Å². The predicted octanol–water partition coefficient (Wildman–Crippen LogP) is 4.29. The fourth-order valence-electron chi connectivity index (χ4n) is 2.24. The minimum atomic E-state index is -0.177. The third-order valence-electron chi connectivity index (χ3n) is 3.45. The van der Waals surface area contributed by atoms with Gasteiger partial charge in [-0.2, -0.15) is 0 Å². The number of hydrogen-bond donors (Lipinski definition) is 1. The Bertz CT molecular complexity index is 852. The number of aromatic nitrogens is 1. The van der Waals surface area contributed by atoms with Crippen LogP contribution in [0.1, 0.15) is 10.4 Å². The second-order valence-electron chi connectivity index (χ2n) is 4.88. The normalized spacial score (nSPS) is 10.6. The van der Waals surface area contributed by atoms with Crippen LogP contribution in [-0.4, -0.2) is 31.4 Å². The molecule has 1 heterocycles. The molecular weight excluding hydrogens is 344 g/mol.